The Bertz CT molecular complexity index is 1110. The minimum atomic E-state index is -0.358. The standard InChI is InChI=1S/C22H22N4OS/c1-12-6-13(2)8-18(7-12)25-14(3)9-17(16(25)5)10-19-20(23)26-15(4)11-28-22(26)24-21(19)27/h6-11,23H,1-5H3/b19-10-,23-20?. The van der Waals surface area contributed by atoms with Crippen molar-refractivity contribution in [3.63, 3.8) is 0 Å². The Kier molecular flexibility index (Phi) is 4.38. The fourth-order valence-corrected chi connectivity index (χ4v) is 4.67. The number of carbonyl (C=O) groups excluding carboxylic acids is 1. The molecule has 1 aromatic heterocycles. The molecule has 1 aromatic carbocycles. The maximum Gasteiger partial charge on any atom is 0.283 e. The zero-order valence-corrected chi connectivity index (χ0v) is 17.4. The van der Waals surface area contributed by atoms with Crippen molar-refractivity contribution in [2.45, 2.75) is 34.6 Å². The molecule has 2 aliphatic rings. The Labute approximate surface area is 169 Å². The summed E-state index contributed by atoms with van der Waals surface area (Å²) in [5.41, 5.74) is 7.81. The Balaban J connectivity index is 1.80. The molecule has 4 rings (SSSR count). The predicted octanol–water partition coefficient (Wildman–Crippen LogP) is 4.88. The second-order valence-corrected chi connectivity index (χ2v) is 8.16. The monoisotopic (exact) mass is 390 g/mol. The fourth-order valence-electron chi connectivity index (χ4n) is 3.81. The lowest BCUT2D eigenvalue weighted by molar-refractivity contribution is -0.114. The molecule has 2 aliphatic heterocycles. The number of aliphatic imine (C=N–C) groups is 1. The number of carbonyl (C=O) groups is 1. The average molecular weight is 391 g/mol. The number of amides is 1. The molecule has 3 heterocycles. The number of hydrogen-bond donors (Lipinski definition) is 1. The molecule has 0 bridgehead atoms. The van der Waals surface area contributed by atoms with Crippen LogP contribution in [0.25, 0.3) is 11.8 Å². The highest BCUT2D eigenvalue weighted by Gasteiger charge is 2.34. The van der Waals surface area contributed by atoms with Gasteiger partial charge in [0.2, 0.25) is 0 Å². The second kappa shape index (κ2) is 6.63. The highest BCUT2D eigenvalue weighted by molar-refractivity contribution is 8.16. The van der Waals surface area contributed by atoms with E-state index in [0.717, 1.165) is 28.3 Å². The van der Waals surface area contributed by atoms with Gasteiger partial charge in [0.1, 0.15) is 5.84 Å². The lowest BCUT2D eigenvalue weighted by Gasteiger charge is -2.25. The van der Waals surface area contributed by atoms with Gasteiger partial charge in [0.05, 0.1) is 5.57 Å². The van der Waals surface area contributed by atoms with E-state index in [1.54, 1.807) is 11.0 Å². The smallest absolute Gasteiger partial charge is 0.283 e. The van der Waals surface area contributed by atoms with Gasteiger partial charge in [-0.2, -0.15) is 4.99 Å². The third-order valence-corrected chi connectivity index (χ3v) is 5.96. The van der Waals surface area contributed by atoms with Crippen molar-refractivity contribution >= 4 is 34.7 Å². The molecule has 0 unspecified atom stereocenters. The molecule has 5 nitrogen and oxygen atoms in total. The molecule has 0 radical (unpaired) electrons. The summed E-state index contributed by atoms with van der Waals surface area (Å²) >= 11 is 1.38. The van der Waals surface area contributed by atoms with E-state index < -0.39 is 0 Å². The number of aryl methyl sites for hydroxylation is 3. The second-order valence-electron chi connectivity index (χ2n) is 7.33. The Morgan fingerprint density at radius 1 is 1.04 bits per heavy atom. The molecule has 0 saturated carbocycles. The van der Waals surface area contributed by atoms with Gasteiger partial charge in [-0.25, -0.2) is 0 Å². The van der Waals surface area contributed by atoms with Crippen molar-refractivity contribution in [1.29, 1.82) is 5.41 Å². The first-order chi connectivity index (χ1) is 13.3. The van der Waals surface area contributed by atoms with Crippen LogP contribution in [0.5, 0.6) is 0 Å². The van der Waals surface area contributed by atoms with Crippen molar-refractivity contribution in [3.05, 3.63) is 69.0 Å². The summed E-state index contributed by atoms with van der Waals surface area (Å²) in [5.74, 6) is -0.173. The summed E-state index contributed by atoms with van der Waals surface area (Å²) in [7, 11) is 0. The maximum atomic E-state index is 12.6. The van der Waals surface area contributed by atoms with E-state index in [4.69, 9.17) is 5.41 Å². The Hall–Kier alpha value is -2.86. The van der Waals surface area contributed by atoms with Gasteiger partial charge >= 0.3 is 0 Å². The van der Waals surface area contributed by atoms with E-state index in [2.05, 4.69) is 54.6 Å². The lowest BCUT2D eigenvalue weighted by Crippen LogP contribution is -2.37. The van der Waals surface area contributed by atoms with Crippen LogP contribution in [0.3, 0.4) is 0 Å². The number of amidine groups is 2. The molecule has 1 amide bonds. The quantitative estimate of drug-likeness (QED) is 0.744. The number of aromatic nitrogens is 1. The summed E-state index contributed by atoms with van der Waals surface area (Å²) in [4.78, 5) is 18.4. The van der Waals surface area contributed by atoms with Gasteiger partial charge in [0, 0.05) is 22.8 Å². The first kappa shape index (κ1) is 18.5. The molecule has 28 heavy (non-hydrogen) atoms. The summed E-state index contributed by atoms with van der Waals surface area (Å²) in [6.07, 6.45) is 1.79. The summed E-state index contributed by atoms with van der Waals surface area (Å²) < 4.78 is 2.19. The third-order valence-electron chi connectivity index (χ3n) is 5.02. The zero-order chi connectivity index (χ0) is 20.2. The number of fused-ring (bicyclic) bond motifs is 1. The molecule has 0 saturated heterocycles. The molecule has 0 aliphatic carbocycles. The normalized spacial score (nSPS) is 17.9. The minimum Gasteiger partial charge on any atom is -0.318 e. The Morgan fingerprint density at radius 3 is 2.39 bits per heavy atom. The van der Waals surface area contributed by atoms with Gasteiger partial charge in [0.15, 0.2) is 5.17 Å². The number of benzene rings is 1. The number of allylic oxidation sites excluding steroid dienone is 1. The Morgan fingerprint density at radius 2 is 1.71 bits per heavy atom. The highest BCUT2D eigenvalue weighted by atomic mass is 32.2. The van der Waals surface area contributed by atoms with Crippen LogP contribution in [0.1, 0.15) is 35.0 Å². The van der Waals surface area contributed by atoms with Crippen LogP contribution >= 0.6 is 11.8 Å². The van der Waals surface area contributed by atoms with Crippen molar-refractivity contribution in [2.75, 3.05) is 0 Å². The van der Waals surface area contributed by atoms with Crippen molar-refractivity contribution in [3.8, 4) is 5.69 Å². The van der Waals surface area contributed by atoms with E-state index in [1.807, 2.05) is 19.3 Å². The van der Waals surface area contributed by atoms with Crippen LogP contribution in [0.15, 0.2) is 45.9 Å². The number of hydrogen-bond acceptors (Lipinski definition) is 3. The summed E-state index contributed by atoms with van der Waals surface area (Å²) in [5, 5.41) is 11.0. The van der Waals surface area contributed by atoms with E-state index >= 15 is 0 Å². The maximum absolute atomic E-state index is 12.6. The van der Waals surface area contributed by atoms with Gasteiger partial charge < -0.3 is 4.57 Å². The van der Waals surface area contributed by atoms with Crippen molar-refractivity contribution in [1.82, 2.24) is 9.47 Å². The fraction of sp³-hybridized carbons (Fsp3) is 0.227. The van der Waals surface area contributed by atoms with Crippen LogP contribution in [-0.4, -0.2) is 26.4 Å². The molecule has 6 heteroatoms. The molecule has 2 aromatic rings. The van der Waals surface area contributed by atoms with E-state index in [-0.39, 0.29) is 11.7 Å². The van der Waals surface area contributed by atoms with Gasteiger partial charge in [-0.3, -0.25) is 15.1 Å². The molecule has 1 N–H and O–H groups in total. The van der Waals surface area contributed by atoms with Crippen LogP contribution in [0, 0.1) is 33.1 Å². The van der Waals surface area contributed by atoms with Crippen molar-refractivity contribution < 1.29 is 4.79 Å². The van der Waals surface area contributed by atoms with E-state index in [9.17, 15) is 4.79 Å². The van der Waals surface area contributed by atoms with Crippen molar-refractivity contribution in [2.24, 2.45) is 4.99 Å². The lowest BCUT2D eigenvalue weighted by atomic mass is 10.1. The van der Waals surface area contributed by atoms with Crippen LogP contribution in [0.2, 0.25) is 0 Å². The molecular weight excluding hydrogens is 368 g/mol. The SMILES string of the molecule is CC1=CSC2=NC(=O)/C(=C\c3cc(C)n(-c4cc(C)cc(C)c4)c3C)C(=N)N12. The summed E-state index contributed by atoms with van der Waals surface area (Å²) in [6.45, 7) is 10.2. The predicted molar refractivity (Wildman–Crippen MR) is 116 cm³/mol. The first-order valence-corrected chi connectivity index (χ1v) is 9.99. The number of thioether (sulfide) groups is 1. The molecule has 0 atom stereocenters. The number of rotatable bonds is 2. The molecule has 0 spiro atoms. The van der Waals surface area contributed by atoms with Crippen LogP contribution < -0.4 is 0 Å². The topological polar surface area (TPSA) is 61.5 Å². The highest BCUT2D eigenvalue weighted by Crippen LogP contribution is 2.32. The minimum absolute atomic E-state index is 0.185. The molecule has 0 fully saturated rings. The van der Waals surface area contributed by atoms with Gasteiger partial charge in [-0.15, -0.1) is 0 Å². The van der Waals surface area contributed by atoms with Gasteiger partial charge in [-0.1, -0.05) is 17.8 Å². The summed E-state index contributed by atoms with van der Waals surface area (Å²) in [6, 6.07) is 8.52. The van der Waals surface area contributed by atoms with Gasteiger partial charge in [-0.05, 0) is 81.0 Å². The first-order valence-electron chi connectivity index (χ1n) is 9.11. The molecular formula is C22H22N4OS. The van der Waals surface area contributed by atoms with Crippen LogP contribution in [0.4, 0.5) is 0 Å². The largest absolute Gasteiger partial charge is 0.318 e. The van der Waals surface area contributed by atoms with E-state index in [1.165, 1.54) is 22.9 Å². The number of nitrogens with zero attached hydrogens (tertiary/aromatic N) is 3. The molecule has 142 valence electrons. The van der Waals surface area contributed by atoms with Gasteiger partial charge in [0.25, 0.3) is 5.91 Å². The zero-order valence-electron chi connectivity index (χ0n) is 16.6. The number of nitrogens with one attached hydrogen (secondary N) is 1. The van der Waals surface area contributed by atoms with E-state index in [0.29, 0.717) is 10.7 Å². The van der Waals surface area contributed by atoms with Crippen LogP contribution in [-0.2, 0) is 4.79 Å². The average Bonchev–Trinajstić information content (AvgIpc) is 3.10. The third kappa shape index (κ3) is 2.94.